The van der Waals surface area contributed by atoms with Gasteiger partial charge in [0.1, 0.15) is 17.2 Å². The van der Waals surface area contributed by atoms with Crippen LogP contribution in [0.3, 0.4) is 0 Å². The Hall–Kier alpha value is -2.77. The number of anilines is 1. The molecule has 132 valence electrons. The Bertz CT molecular complexity index is 928. The number of nitrogens with one attached hydrogen (secondary N) is 1. The molecule has 0 fully saturated rings. The fourth-order valence-corrected chi connectivity index (χ4v) is 2.67. The van der Waals surface area contributed by atoms with Crippen LogP contribution in [0.4, 0.5) is 5.82 Å². The third kappa shape index (κ3) is 4.01. The summed E-state index contributed by atoms with van der Waals surface area (Å²) in [4.78, 5) is 25.7. The normalized spacial score (nSPS) is 11.2. The molecule has 0 atom stereocenters. The van der Waals surface area contributed by atoms with Gasteiger partial charge < -0.3 is 5.32 Å². The third-order valence-electron chi connectivity index (χ3n) is 3.92. The average Bonchev–Trinajstić information content (AvgIpc) is 2.96. The summed E-state index contributed by atoms with van der Waals surface area (Å²) in [7, 11) is 1.78. The van der Waals surface area contributed by atoms with Gasteiger partial charge in [0, 0.05) is 38.3 Å². The van der Waals surface area contributed by atoms with Crippen LogP contribution in [0.1, 0.15) is 31.3 Å². The molecule has 0 aliphatic rings. The molecule has 0 aliphatic carbocycles. The van der Waals surface area contributed by atoms with Gasteiger partial charge in [0.25, 0.3) is 5.56 Å². The van der Waals surface area contributed by atoms with E-state index in [4.69, 9.17) is 0 Å². The third-order valence-corrected chi connectivity index (χ3v) is 3.92. The lowest BCUT2D eigenvalue weighted by Crippen LogP contribution is -2.24. The van der Waals surface area contributed by atoms with Crippen LogP contribution in [0.15, 0.2) is 23.4 Å². The first-order valence-electron chi connectivity index (χ1n) is 8.54. The molecule has 3 rings (SSSR count). The topological polar surface area (TPSA) is 90.5 Å². The highest BCUT2D eigenvalue weighted by Crippen LogP contribution is 2.08. The molecule has 3 aromatic rings. The molecule has 8 nitrogen and oxygen atoms in total. The summed E-state index contributed by atoms with van der Waals surface area (Å²) in [5.74, 6) is 1.65. The van der Waals surface area contributed by atoms with Crippen LogP contribution in [0, 0.1) is 6.92 Å². The van der Waals surface area contributed by atoms with Crippen molar-refractivity contribution in [3.05, 3.63) is 40.5 Å². The lowest BCUT2D eigenvalue weighted by atomic mass is 10.2. The number of nitrogens with zero attached hydrogens (tertiary/aromatic N) is 6. The highest BCUT2D eigenvalue weighted by Gasteiger charge is 2.08. The zero-order valence-electron chi connectivity index (χ0n) is 14.9. The van der Waals surface area contributed by atoms with Crippen LogP contribution in [0.25, 0.3) is 11.0 Å². The second-order valence-electron chi connectivity index (χ2n) is 6.12. The smallest absolute Gasteiger partial charge is 0.281 e. The van der Waals surface area contributed by atoms with Gasteiger partial charge in [0.15, 0.2) is 5.52 Å². The zero-order chi connectivity index (χ0) is 17.8. The van der Waals surface area contributed by atoms with E-state index in [1.807, 2.05) is 13.0 Å². The van der Waals surface area contributed by atoms with Crippen molar-refractivity contribution in [3.8, 4) is 0 Å². The second-order valence-corrected chi connectivity index (χ2v) is 6.12. The number of aryl methyl sites for hydroxylation is 3. The standard InChI is InChI=1S/C17H23N7O/c1-4-5-6-14-20-12(2)9-15(21-14)18-7-8-24-11-19-13-10-23(3)22-16(13)17(24)25/h9-11H,4-8H2,1-3H3,(H,18,20,21). The van der Waals surface area contributed by atoms with E-state index in [-0.39, 0.29) is 5.56 Å². The molecule has 0 spiro atoms. The van der Waals surface area contributed by atoms with E-state index in [1.165, 1.54) is 0 Å². The molecule has 0 unspecified atom stereocenters. The number of rotatable bonds is 7. The molecular weight excluding hydrogens is 318 g/mol. The maximum absolute atomic E-state index is 12.4. The van der Waals surface area contributed by atoms with Crippen molar-refractivity contribution in [1.29, 1.82) is 0 Å². The molecular formula is C17H23N7O. The largest absolute Gasteiger partial charge is 0.368 e. The SMILES string of the molecule is CCCCc1nc(C)cc(NCCn2cnc3cn(C)nc3c2=O)n1. The van der Waals surface area contributed by atoms with Crippen molar-refractivity contribution in [1.82, 2.24) is 29.3 Å². The molecule has 3 aromatic heterocycles. The van der Waals surface area contributed by atoms with Crippen LogP contribution in [0.5, 0.6) is 0 Å². The van der Waals surface area contributed by atoms with Crippen LogP contribution < -0.4 is 10.9 Å². The molecule has 25 heavy (non-hydrogen) atoms. The number of aromatic nitrogens is 6. The molecule has 1 N–H and O–H groups in total. The summed E-state index contributed by atoms with van der Waals surface area (Å²) in [6.45, 7) is 5.18. The Labute approximate surface area is 145 Å². The molecule has 0 aliphatic heterocycles. The quantitative estimate of drug-likeness (QED) is 0.703. The lowest BCUT2D eigenvalue weighted by Gasteiger charge is -2.09. The maximum Gasteiger partial charge on any atom is 0.281 e. The minimum atomic E-state index is -0.130. The van der Waals surface area contributed by atoms with Crippen LogP contribution in [-0.2, 0) is 20.0 Å². The molecule has 0 saturated heterocycles. The van der Waals surface area contributed by atoms with E-state index < -0.39 is 0 Å². The number of hydrogen-bond acceptors (Lipinski definition) is 6. The predicted octanol–water partition coefficient (Wildman–Crippen LogP) is 1.68. The Morgan fingerprint density at radius 3 is 2.92 bits per heavy atom. The molecule has 0 saturated carbocycles. The summed E-state index contributed by atoms with van der Waals surface area (Å²) in [5.41, 5.74) is 1.82. The monoisotopic (exact) mass is 341 g/mol. The second kappa shape index (κ2) is 7.42. The summed E-state index contributed by atoms with van der Waals surface area (Å²) in [5, 5.41) is 7.44. The van der Waals surface area contributed by atoms with Gasteiger partial charge in [-0.1, -0.05) is 13.3 Å². The average molecular weight is 341 g/mol. The summed E-state index contributed by atoms with van der Waals surface area (Å²) in [6.07, 6.45) is 6.37. The van der Waals surface area contributed by atoms with E-state index in [0.717, 1.165) is 36.6 Å². The summed E-state index contributed by atoms with van der Waals surface area (Å²) in [6, 6.07) is 1.92. The van der Waals surface area contributed by atoms with Crippen molar-refractivity contribution >= 4 is 16.9 Å². The molecule has 0 aromatic carbocycles. The van der Waals surface area contributed by atoms with Crippen molar-refractivity contribution in [3.63, 3.8) is 0 Å². The van der Waals surface area contributed by atoms with Gasteiger partial charge >= 0.3 is 0 Å². The van der Waals surface area contributed by atoms with Crippen LogP contribution >= 0.6 is 0 Å². The number of hydrogen-bond donors (Lipinski definition) is 1. The first-order valence-corrected chi connectivity index (χ1v) is 8.54. The Balaban J connectivity index is 1.68. The van der Waals surface area contributed by atoms with Gasteiger partial charge in [-0.15, -0.1) is 0 Å². The van der Waals surface area contributed by atoms with Gasteiger partial charge in [-0.3, -0.25) is 14.0 Å². The molecule has 8 heteroatoms. The summed E-state index contributed by atoms with van der Waals surface area (Å²) < 4.78 is 3.16. The highest BCUT2D eigenvalue weighted by molar-refractivity contribution is 5.71. The molecule has 3 heterocycles. The van der Waals surface area contributed by atoms with Crippen LogP contribution in [-0.4, -0.2) is 35.8 Å². The Kier molecular flexibility index (Phi) is 5.06. The van der Waals surface area contributed by atoms with E-state index in [1.54, 1.807) is 28.8 Å². The number of fused-ring (bicyclic) bond motifs is 1. The Morgan fingerprint density at radius 2 is 2.12 bits per heavy atom. The van der Waals surface area contributed by atoms with Gasteiger partial charge in [-0.25, -0.2) is 15.0 Å². The van der Waals surface area contributed by atoms with Gasteiger partial charge in [-0.2, -0.15) is 5.10 Å². The highest BCUT2D eigenvalue weighted by atomic mass is 16.1. The predicted molar refractivity (Wildman–Crippen MR) is 96.6 cm³/mol. The van der Waals surface area contributed by atoms with Crippen molar-refractivity contribution in [2.45, 2.75) is 39.7 Å². The molecule has 0 amide bonds. The van der Waals surface area contributed by atoms with Crippen LogP contribution in [0.2, 0.25) is 0 Å². The van der Waals surface area contributed by atoms with E-state index >= 15 is 0 Å². The first kappa shape index (κ1) is 17.1. The fourth-order valence-electron chi connectivity index (χ4n) is 2.67. The van der Waals surface area contributed by atoms with Crippen molar-refractivity contribution < 1.29 is 0 Å². The van der Waals surface area contributed by atoms with Gasteiger partial charge in [0.05, 0.1) is 12.5 Å². The minimum absolute atomic E-state index is 0.130. The number of unbranched alkanes of at least 4 members (excludes halogenated alkanes) is 1. The molecule has 0 radical (unpaired) electrons. The minimum Gasteiger partial charge on any atom is -0.368 e. The summed E-state index contributed by atoms with van der Waals surface area (Å²) >= 11 is 0. The zero-order valence-corrected chi connectivity index (χ0v) is 14.9. The van der Waals surface area contributed by atoms with Gasteiger partial charge in [0.2, 0.25) is 0 Å². The fraction of sp³-hybridized carbons (Fsp3) is 0.471. The van der Waals surface area contributed by atoms with Crippen molar-refractivity contribution in [2.24, 2.45) is 7.05 Å². The Morgan fingerprint density at radius 1 is 1.28 bits per heavy atom. The molecule has 0 bridgehead atoms. The van der Waals surface area contributed by atoms with E-state index in [2.05, 4.69) is 32.3 Å². The maximum atomic E-state index is 12.4. The lowest BCUT2D eigenvalue weighted by molar-refractivity contribution is 0.683. The first-order chi connectivity index (χ1) is 12.1. The van der Waals surface area contributed by atoms with E-state index in [9.17, 15) is 4.79 Å². The van der Waals surface area contributed by atoms with Gasteiger partial charge in [-0.05, 0) is 13.3 Å². The van der Waals surface area contributed by atoms with Crippen molar-refractivity contribution in [2.75, 3.05) is 11.9 Å². The van der Waals surface area contributed by atoms with E-state index in [0.29, 0.717) is 24.1 Å².